The lowest BCUT2D eigenvalue weighted by molar-refractivity contribution is 0.773. The zero-order valence-electron chi connectivity index (χ0n) is 16.9. The number of rotatable bonds is 4. The molecule has 0 amide bonds. The van der Waals surface area contributed by atoms with E-state index in [0.717, 1.165) is 5.39 Å². The third-order valence-corrected chi connectivity index (χ3v) is 5.34. The molecule has 3 N–H and O–H groups in total. The highest BCUT2D eigenvalue weighted by molar-refractivity contribution is 6.35. The first-order valence-corrected chi connectivity index (χ1v) is 9.96. The molecular weight excluding hydrogens is 412 g/mol. The molecule has 7 nitrogen and oxygen atoms in total. The molecule has 4 rings (SSSR count). The molecule has 8 heteroatoms. The molecule has 0 saturated carbocycles. The van der Waals surface area contributed by atoms with Crippen molar-refractivity contribution in [3.63, 3.8) is 0 Å². The van der Waals surface area contributed by atoms with Crippen LogP contribution < -0.4 is 16.6 Å². The molecule has 4 aromatic rings. The average molecular weight is 431 g/mol. The number of anilines is 2. The van der Waals surface area contributed by atoms with Gasteiger partial charge in [-0.2, -0.15) is 0 Å². The zero-order chi connectivity index (χ0) is 22.1. The number of para-hydroxylation sites is 1. The minimum Gasteiger partial charge on any atom is -0.371 e. The van der Waals surface area contributed by atoms with Crippen molar-refractivity contribution in [1.29, 1.82) is 0 Å². The van der Waals surface area contributed by atoms with Crippen molar-refractivity contribution < 1.29 is 0 Å². The van der Waals surface area contributed by atoms with Crippen LogP contribution in [0.5, 0.6) is 0 Å². The Bertz CT molecular complexity index is 1390. The Kier molecular flexibility index (Phi) is 5.32. The molecule has 1 atom stereocenters. The molecule has 2 heterocycles. The van der Waals surface area contributed by atoms with Crippen LogP contribution in [0.25, 0.3) is 21.3 Å². The molecule has 0 radical (unpaired) electrons. The van der Waals surface area contributed by atoms with Gasteiger partial charge in [-0.25, -0.2) is 14.8 Å². The van der Waals surface area contributed by atoms with Gasteiger partial charge in [0.25, 0.3) is 5.56 Å². The number of nitrogen functional groups attached to an aromatic ring is 1. The first kappa shape index (κ1) is 20.4. The van der Waals surface area contributed by atoms with E-state index in [2.05, 4.69) is 20.1 Å². The summed E-state index contributed by atoms with van der Waals surface area (Å²) in [4.78, 5) is 25.3. The van der Waals surface area contributed by atoms with Crippen LogP contribution in [0.1, 0.15) is 24.4 Å². The van der Waals surface area contributed by atoms with Crippen LogP contribution in [0, 0.1) is 13.5 Å². The molecule has 0 fully saturated rings. The van der Waals surface area contributed by atoms with Crippen molar-refractivity contribution in [3.05, 3.63) is 92.8 Å². The highest BCUT2D eigenvalue weighted by atomic mass is 35.5. The smallest absolute Gasteiger partial charge is 0.264 e. The van der Waals surface area contributed by atoms with Gasteiger partial charge in [-0.1, -0.05) is 41.9 Å². The van der Waals surface area contributed by atoms with E-state index < -0.39 is 0 Å². The van der Waals surface area contributed by atoms with E-state index in [9.17, 15) is 4.79 Å². The number of nitrogens with two attached hydrogens (primary N) is 1. The number of nitrogens with zero attached hydrogens (tertiary/aromatic N) is 4. The third-order valence-electron chi connectivity index (χ3n) is 5.02. The lowest BCUT2D eigenvalue weighted by Gasteiger charge is -2.22. The van der Waals surface area contributed by atoms with E-state index in [0.29, 0.717) is 39.0 Å². The standard InChI is InChI=1S/C23H19ClN6O/c1-13(27-21-20(26-3)14(2)28-23(25)29-21)18-12-15-8-7-11-17(24)19(15)22(31)30(18)16-9-5-4-6-10-16/h4-13H,1-2H3,(H3,25,27,28,29)/t13-/m0/s1. The lowest BCUT2D eigenvalue weighted by atomic mass is 10.1. The van der Waals surface area contributed by atoms with Crippen LogP contribution in [-0.4, -0.2) is 14.5 Å². The van der Waals surface area contributed by atoms with Gasteiger partial charge in [0, 0.05) is 11.4 Å². The molecule has 154 valence electrons. The van der Waals surface area contributed by atoms with Crippen molar-refractivity contribution in [1.82, 2.24) is 14.5 Å². The van der Waals surface area contributed by atoms with Gasteiger partial charge in [-0.05, 0) is 43.5 Å². The highest BCUT2D eigenvalue weighted by Crippen LogP contribution is 2.31. The minimum absolute atomic E-state index is 0.0744. The van der Waals surface area contributed by atoms with Gasteiger partial charge in [0.2, 0.25) is 11.6 Å². The summed E-state index contributed by atoms with van der Waals surface area (Å²) in [5, 5.41) is 4.82. The van der Waals surface area contributed by atoms with Crippen molar-refractivity contribution in [3.8, 4) is 5.69 Å². The number of aromatic nitrogens is 3. The molecule has 0 bridgehead atoms. The Morgan fingerprint density at radius 2 is 1.90 bits per heavy atom. The van der Waals surface area contributed by atoms with Crippen molar-refractivity contribution in [2.75, 3.05) is 11.1 Å². The Labute approximate surface area is 184 Å². The van der Waals surface area contributed by atoms with Crippen LogP contribution in [0.4, 0.5) is 17.5 Å². The van der Waals surface area contributed by atoms with Gasteiger partial charge in [-0.3, -0.25) is 9.36 Å². The second-order valence-corrected chi connectivity index (χ2v) is 7.50. The molecule has 31 heavy (non-hydrogen) atoms. The molecule has 0 aliphatic rings. The zero-order valence-corrected chi connectivity index (χ0v) is 17.7. The molecule has 0 aliphatic carbocycles. The predicted molar refractivity (Wildman–Crippen MR) is 124 cm³/mol. The van der Waals surface area contributed by atoms with Gasteiger partial charge in [-0.15, -0.1) is 0 Å². The summed E-state index contributed by atoms with van der Waals surface area (Å²) in [7, 11) is 0. The lowest BCUT2D eigenvalue weighted by Crippen LogP contribution is -2.26. The quantitative estimate of drug-likeness (QED) is 0.442. The Hall–Kier alpha value is -3.89. The number of hydrogen-bond donors (Lipinski definition) is 2. The maximum absolute atomic E-state index is 13.5. The summed E-state index contributed by atoms with van der Waals surface area (Å²) < 4.78 is 1.63. The van der Waals surface area contributed by atoms with Crippen molar-refractivity contribution >= 4 is 39.8 Å². The summed E-state index contributed by atoms with van der Waals surface area (Å²) >= 11 is 6.36. The summed E-state index contributed by atoms with van der Waals surface area (Å²) in [6.07, 6.45) is 0. The first-order valence-electron chi connectivity index (χ1n) is 9.58. The summed E-state index contributed by atoms with van der Waals surface area (Å²) in [6, 6.07) is 16.2. The molecule has 0 aliphatic heterocycles. The number of aryl methyl sites for hydroxylation is 1. The number of hydrogen-bond acceptors (Lipinski definition) is 5. The number of nitrogens with one attached hydrogen (secondary N) is 1. The summed E-state index contributed by atoms with van der Waals surface area (Å²) in [5.41, 5.74) is 7.76. The van der Waals surface area contributed by atoms with E-state index >= 15 is 0 Å². The first-order chi connectivity index (χ1) is 14.9. The van der Waals surface area contributed by atoms with E-state index in [1.807, 2.05) is 55.5 Å². The molecule has 0 saturated heterocycles. The Balaban J connectivity index is 1.94. The van der Waals surface area contributed by atoms with Crippen LogP contribution >= 0.6 is 11.6 Å². The van der Waals surface area contributed by atoms with Crippen molar-refractivity contribution in [2.45, 2.75) is 19.9 Å². The Morgan fingerprint density at radius 3 is 2.61 bits per heavy atom. The van der Waals surface area contributed by atoms with Gasteiger partial charge < -0.3 is 11.1 Å². The maximum atomic E-state index is 13.5. The summed E-state index contributed by atoms with van der Waals surface area (Å²) in [6.45, 7) is 11.1. The van der Waals surface area contributed by atoms with Gasteiger partial charge in [0.1, 0.15) is 5.82 Å². The van der Waals surface area contributed by atoms with E-state index in [4.69, 9.17) is 23.9 Å². The van der Waals surface area contributed by atoms with E-state index in [1.54, 1.807) is 17.6 Å². The fourth-order valence-corrected chi connectivity index (χ4v) is 3.87. The minimum atomic E-state index is -0.384. The van der Waals surface area contributed by atoms with Gasteiger partial charge in [0.15, 0.2) is 0 Å². The fourth-order valence-electron chi connectivity index (χ4n) is 3.60. The Morgan fingerprint density at radius 1 is 1.16 bits per heavy atom. The molecule has 2 aromatic carbocycles. The second kappa shape index (κ2) is 8.09. The number of benzene rings is 2. The SMILES string of the molecule is [C-]#[N+]c1c(C)nc(N)nc1N[C@@H](C)c1cc2cccc(Cl)c2c(=O)n1-c1ccccc1. The molecular formula is C23H19ClN6O. The fraction of sp³-hybridized carbons (Fsp3) is 0.130. The topological polar surface area (TPSA) is 90.2 Å². The van der Waals surface area contributed by atoms with E-state index in [-0.39, 0.29) is 17.5 Å². The maximum Gasteiger partial charge on any atom is 0.264 e. The molecule has 2 aromatic heterocycles. The predicted octanol–water partition coefficient (Wildman–Crippen LogP) is 5.05. The van der Waals surface area contributed by atoms with Crippen LogP contribution in [-0.2, 0) is 0 Å². The number of halogens is 1. The summed E-state index contributed by atoms with van der Waals surface area (Å²) in [5.74, 6) is 0.399. The van der Waals surface area contributed by atoms with Gasteiger partial charge >= 0.3 is 0 Å². The number of pyridine rings is 1. The van der Waals surface area contributed by atoms with Gasteiger partial charge in [0.05, 0.1) is 28.7 Å². The van der Waals surface area contributed by atoms with E-state index in [1.165, 1.54) is 0 Å². The molecule has 0 spiro atoms. The van der Waals surface area contributed by atoms with Crippen molar-refractivity contribution in [2.24, 2.45) is 0 Å². The largest absolute Gasteiger partial charge is 0.371 e. The third kappa shape index (κ3) is 3.69. The normalized spacial score (nSPS) is 11.8. The number of fused-ring (bicyclic) bond motifs is 1. The highest BCUT2D eigenvalue weighted by Gasteiger charge is 2.20. The van der Waals surface area contributed by atoms with Crippen LogP contribution in [0.15, 0.2) is 59.4 Å². The second-order valence-electron chi connectivity index (χ2n) is 7.09. The molecule has 0 unspecified atom stereocenters. The van der Waals surface area contributed by atoms with Crippen LogP contribution in [0.3, 0.4) is 0 Å². The average Bonchev–Trinajstić information content (AvgIpc) is 2.74. The monoisotopic (exact) mass is 430 g/mol. The van der Waals surface area contributed by atoms with Crippen LogP contribution in [0.2, 0.25) is 5.02 Å².